The van der Waals surface area contributed by atoms with E-state index in [1.807, 2.05) is 0 Å². The molecule has 0 bridgehead atoms. The quantitative estimate of drug-likeness (QED) is 0.722. The molecule has 3 unspecified atom stereocenters. The molecule has 3 heteroatoms. The van der Waals surface area contributed by atoms with Crippen molar-refractivity contribution in [3.05, 3.63) is 0 Å². The van der Waals surface area contributed by atoms with Crippen LogP contribution in [0.25, 0.3) is 0 Å². The minimum Gasteiger partial charge on any atom is -0.377 e. The summed E-state index contributed by atoms with van der Waals surface area (Å²) in [5.41, 5.74) is 0. The monoisotopic (exact) mass is 256 g/mol. The lowest BCUT2D eigenvalue weighted by Crippen LogP contribution is -2.48. The van der Waals surface area contributed by atoms with E-state index in [1.54, 1.807) is 0 Å². The summed E-state index contributed by atoms with van der Waals surface area (Å²) >= 11 is 0. The molecule has 1 rings (SSSR count). The van der Waals surface area contributed by atoms with Gasteiger partial charge in [-0.25, -0.2) is 0 Å². The van der Waals surface area contributed by atoms with Crippen LogP contribution in [0.3, 0.4) is 0 Å². The highest BCUT2D eigenvalue weighted by molar-refractivity contribution is 4.81. The minimum atomic E-state index is 0.465. The zero-order valence-electron chi connectivity index (χ0n) is 12.7. The van der Waals surface area contributed by atoms with Crippen molar-refractivity contribution in [2.45, 2.75) is 59.1 Å². The van der Waals surface area contributed by atoms with E-state index in [-0.39, 0.29) is 0 Å². The van der Waals surface area contributed by atoms with Gasteiger partial charge in [-0.05, 0) is 51.7 Å². The Labute approximate surface area is 113 Å². The predicted octanol–water partition coefficient (Wildman–Crippen LogP) is 2.51. The summed E-state index contributed by atoms with van der Waals surface area (Å²) in [4.78, 5) is 2.62. The number of hydrogen-bond acceptors (Lipinski definition) is 3. The number of piperidine rings is 1. The van der Waals surface area contributed by atoms with Gasteiger partial charge in [-0.2, -0.15) is 0 Å². The Balaban J connectivity index is 2.34. The molecule has 18 heavy (non-hydrogen) atoms. The first kappa shape index (κ1) is 15.9. The second-order valence-corrected chi connectivity index (χ2v) is 5.66. The molecule has 1 fully saturated rings. The maximum Gasteiger partial charge on any atom is 0.0702 e. The third kappa shape index (κ3) is 5.25. The molecule has 3 nitrogen and oxygen atoms in total. The fraction of sp³-hybridized carbons (Fsp3) is 1.00. The highest BCUT2D eigenvalue weighted by Gasteiger charge is 2.26. The maximum atomic E-state index is 5.92. The number of ether oxygens (including phenoxy) is 1. The smallest absolute Gasteiger partial charge is 0.0702 e. The number of nitrogens with one attached hydrogen (secondary N) is 1. The van der Waals surface area contributed by atoms with Crippen LogP contribution < -0.4 is 5.32 Å². The number of hydrogen-bond donors (Lipinski definition) is 1. The zero-order valence-corrected chi connectivity index (χ0v) is 12.7. The lowest BCUT2D eigenvalue weighted by Gasteiger charge is -2.39. The highest BCUT2D eigenvalue weighted by atomic mass is 16.5. The molecule has 0 aromatic carbocycles. The van der Waals surface area contributed by atoms with Gasteiger partial charge in [0.2, 0.25) is 0 Å². The minimum absolute atomic E-state index is 0.465. The molecule has 0 aromatic heterocycles. The van der Waals surface area contributed by atoms with E-state index >= 15 is 0 Å². The van der Waals surface area contributed by atoms with Gasteiger partial charge in [-0.15, -0.1) is 0 Å². The average Bonchev–Trinajstić information content (AvgIpc) is 2.42. The standard InChI is InChI=1S/C15H32N2O/c1-5-10-18-15-8-7-9-17(12-15)14(4)13(3)11-16-6-2/h13-16H,5-12H2,1-4H3. The van der Waals surface area contributed by atoms with Gasteiger partial charge in [0.05, 0.1) is 6.10 Å². The molecule has 3 atom stereocenters. The van der Waals surface area contributed by atoms with E-state index in [2.05, 4.69) is 37.9 Å². The first-order chi connectivity index (χ1) is 8.69. The van der Waals surface area contributed by atoms with E-state index in [9.17, 15) is 0 Å². The number of likely N-dealkylation sites (tertiary alicyclic amines) is 1. The SMILES string of the molecule is CCCOC1CCCN(C(C)C(C)CNCC)C1. The molecule has 0 amide bonds. The topological polar surface area (TPSA) is 24.5 Å². The number of nitrogens with zero attached hydrogens (tertiary/aromatic N) is 1. The zero-order chi connectivity index (χ0) is 13.4. The second-order valence-electron chi connectivity index (χ2n) is 5.66. The molecule has 0 radical (unpaired) electrons. The van der Waals surface area contributed by atoms with Crippen molar-refractivity contribution in [2.24, 2.45) is 5.92 Å². The molecule has 0 aromatic rings. The van der Waals surface area contributed by atoms with Gasteiger partial charge in [-0.1, -0.05) is 20.8 Å². The van der Waals surface area contributed by atoms with Crippen LogP contribution >= 0.6 is 0 Å². The van der Waals surface area contributed by atoms with Gasteiger partial charge in [-0.3, -0.25) is 4.90 Å². The van der Waals surface area contributed by atoms with E-state index < -0.39 is 0 Å². The van der Waals surface area contributed by atoms with Crippen LogP contribution in [0.2, 0.25) is 0 Å². The molecule has 1 N–H and O–H groups in total. The fourth-order valence-electron chi connectivity index (χ4n) is 2.66. The first-order valence-corrected chi connectivity index (χ1v) is 7.75. The molecule has 1 saturated heterocycles. The molecule has 1 heterocycles. The van der Waals surface area contributed by atoms with Gasteiger partial charge in [0.15, 0.2) is 0 Å². The Bertz CT molecular complexity index is 205. The normalized spacial score (nSPS) is 25.0. The van der Waals surface area contributed by atoms with Crippen molar-refractivity contribution in [1.82, 2.24) is 10.2 Å². The summed E-state index contributed by atoms with van der Waals surface area (Å²) in [6.45, 7) is 14.5. The Kier molecular flexibility index (Phi) is 7.87. The largest absolute Gasteiger partial charge is 0.377 e. The van der Waals surface area contributed by atoms with Gasteiger partial charge >= 0.3 is 0 Å². The van der Waals surface area contributed by atoms with Crippen molar-refractivity contribution in [3.63, 3.8) is 0 Å². The van der Waals surface area contributed by atoms with Gasteiger partial charge in [0, 0.05) is 19.2 Å². The molecule has 0 aliphatic carbocycles. The van der Waals surface area contributed by atoms with Gasteiger partial charge in [0.25, 0.3) is 0 Å². The Hall–Kier alpha value is -0.120. The summed E-state index contributed by atoms with van der Waals surface area (Å²) in [5, 5.41) is 3.46. The van der Waals surface area contributed by atoms with E-state index in [0.717, 1.165) is 32.7 Å². The third-order valence-corrected chi connectivity index (χ3v) is 4.08. The van der Waals surface area contributed by atoms with E-state index in [1.165, 1.54) is 19.4 Å². The Morgan fingerprint density at radius 2 is 2.11 bits per heavy atom. The molecule has 0 saturated carbocycles. The summed E-state index contributed by atoms with van der Waals surface area (Å²) in [5.74, 6) is 0.704. The average molecular weight is 256 g/mol. The van der Waals surface area contributed by atoms with Crippen LogP contribution in [0.15, 0.2) is 0 Å². The lowest BCUT2D eigenvalue weighted by atomic mass is 9.98. The summed E-state index contributed by atoms with van der Waals surface area (Å²) in [7, 11) is 0. The van der Waals surface area contributed by atoms with E-state index in [0.29, 0.717) is 18.1 Å². The first-order valence-electron chi connectivity index (χ1n) is 7.75. The van der Waals surface area contributed by atoms with Gasteiger partial charge < -0.3 is 10.1 Å². The Morgan fingerprint density at radius 1 is 1.33 bits per heavy atom. The summed E-state index contributed by atoms with van der Waals surface area (Å²) < 4.78 is 5.92. The van der Waals surface area contributed by atoms with Crippen molar-refractivity contribution >= 4 is 0 Å². The fourth-order valence-corrected chi connectivity index (χ4v) is 2.66. The van der Waals surface area contributed by atoms with Crippen LogP contribution in [0.4, 0.5) is 0 Å². The summed E-state index contributed by atoms with van der Waals surface area (Å²) in [6.07, 6.45) is 4.12. The lowest BCUT2D eigenvalue weighted by molar-refractivity contribution is -0.0168. The molecular weight excluding hydrogens is 224 g/mol. The molecule has 1 aliphatic rings. The van der Waals surface area contributed by atoms with Crippen LogP contribution in [-0.2, 0) is 4.74 Å². The van der Waals surface area contributed by atoms with Crippen molar-refractivity contribution in [1.29, 1.82) is 0 Å². The van der Waals surface area contributed by atoms with Crippen LogP contribution in [-0.4, -0.2) is 49.8 Å². The molecular formula is C15H32N2O. The molecule has 1 aliphatic heterocycles. The van der Waals surface area contributed by atoms with Gasteiger partial charge in [0.1, 0.15) is 0 Å². The van der Waals surface area contributed by atoms with E-state index in [4.69, 9.17) is 4.74 Å². The highest BCUT2D eigenvalue weighted by Crippen LogP contribution is 2.19. The van der Waals surface area contributed by atoms with Crippen LogP contribution in [0.1, 0.15) is 47.0 Å². The second kappa shape index (κ2) is 8.89. The van der Waals surface area contributed by atoms with Crippen LogP contribution in [0.5, 0.6) is 0 Å². The summed E-state index contributed by atoms with van der Waals surface area (Å²) in [6, 6.07) is 0.650. The van der Waals surface area contributed by atoms with Crippen LogP contribution in [0, 0.1) is 5.92 Å². The number of rotatable bonds is 8. The maximum absolute atomic E-state index is 5.92. The molecule has 108 valence electrons. The predicted molar refractivity (Wildman–Crippen MR) is 78.0 cm³/mol. The van der Waals surface area contributed by atoms with Crippen molar-refractivity contribution in [2.75, 3.05) is 32.8 Å². The molecule has 0 spiro atoms. The Morgan fingerprint density at radius 3 is 2.78 bits per heavy atom. The third-order valence-electron chi connectivity index (χ3n) is 4.08. The van der Waals surface area contributed by atoms with Crippen molar-refractivity contribution < 1.29 is 4.74 Å². The van der Waals surface area contributed by atoms with Crippen molar-refractivity contribution in [3.8, 4) is 0 Å².